The highest BCUT2D eigenvalue weighted by Gasteiger charge is 2.08. The van der Waals surface area contributed by atoms with E-state index in [2.05, 4.69) is 15.3 Å². The van der Waals surface area contributed by atoms with Gasteiger partial charge in [-0.25, -0.2) is 4.98 Å². The van der Waals surface area contributed by atoms with Crippen molar-refractivity contribution in [2.75, 3.05) is 0 Å². The van der Waals surface area contributed by atoms with E-state index in [0.717, 1.165) is 5.56 Å². The van der Waals surface area contributed by atoms with E-state index in [1.165, 1.54) is 12.1 Å². The summed E-state index contributed by atoms with van der Waals surface area (Å²) in [6.45, 7) is 0.416. The van der Waals surface area contributed by atoms with E-state index in [1.807, 2.05) is 12.1 Å². The second kappa shape index (κ2) is 5.80. The fourth-order valence-corrected chi connectivity index (χ4v) is 1.84. The van der Waals surface area contributed by atoms with E-state index >= 15 is 0 Å². The van der Waals surface area contributed by atoms with Gasteiger partial charge in [-0.2, -0.15) is 0 Å². The fraction of sp³-hybridized carbons (Fsp3) is 0.0833. The van der Waals surface area contributed by atoms with E-state index in [4.69, 9.17) is 23.2 Å². The second-order valence-corrected chi connectivity index (χ2v) is 4.31. The topological polar surface area (TPSA) is 54.9 Å². The Morgan fingerprint density at radius 1 is 1.17 bits per heavy atom. The van der Waals surface area contributed by atoms with Gasteiger partial charge in [0.1, 0.15) is 10.3 Å². The van der Waals surface area contributed by atoms with Crippen LogP contribution in [0.4, 0.5) is 0 Å². The van der Waals surface area contributed by atoms with Crippen molar-refractivity contribution in [2.45, 2.75) is 6.54 Å². The first-order valence-corrected chi connectivity index (χ1v) is 5.91. The van der Waals surface area contributed by atoms with Crippen molar-refractivity contribution in [2.24, 2.45) is 0 Å². The van der Waals surface area contributed by atoms with Gasteiger partial charge < -0.3 is 5.32 Å². The van der Waals surface area contributed by atoms with Crippen molar-refractivity contribution in [3.63, 3.8) is 0 Å². The summed E-state index contributed by atoms with van der Waals surface area (Å²) in [6, 6.07) is 6.59. The predicted molar refractivity (Wildman–Crippen MR) is 69.7 cm³/mol. The number of amides is 1. The summed E-state index contributed by atoms with van der Waals surface area (Å²) in [4.78, 5) is 19.5. The number of pyridine rings is 2. The Morgan fingerprint density at radius 2 is 1.78 bits per heavy atom. The van der Waals surface area contributed by atoms with Crippen LogP contribution in [-0.2, 0) is 6.54 Å². The molecule has 4 nitrogen and oxygen atoms in total. The molecule has 0 spiro atoms. The normalized spacial score (nSPS) is 10.1. The monoisotopic (exact) mass is 281 g/mol. The lowest BCUT2D eigenvalue weighted by Gasteiger charge is -2.05. The van der Waals surface area contributed by atoms with E-state index in [9.17, 15) is 4.79 Å². The van der Waals surface area contributed by atoms with Crippen LogP contribution in [0.5, 0.6) is 0 Å². The van der Waals surface area contributed by atoms with Crippen molar-refractivity contribution in [3.8, 4) is 0 Å². The Bertz CT molecular complexity index is 540. The lowest BCUT2D eigenvalue weighted by molar-refractivity contribution is 0.0951. The van der Waals surface area contributed by atoms with Crippen molar-refractivity contribution in [1.29, 1.82) is 0 Å². The zero-order valence-corrected chi connectivity index (χ0v) is 10.7. The van der Waals surface area contributed by atoms with Crippen LogP contribution in [0, 0.1) is 0 Å². The van der Waals surface area contributed by atoms with Gasteiger partial charge >= 0.3 is 0 Å². The Morgan fingerprint density at radius 3 is 2.39 bits per heavy atom. The summed E-state index contributed by atoms with van der Waals surface area (Å²) in [5.41, 5.74) is 1.35. The molecule has 92 valence electrons. The van der Waals surface area contributed by atoms with E-state index in [-0.39, 0.29) is 16.2 Å². The van der Waals surface area contributed by atoms with E-state index < -0.39 is 0 Å². The lowest BCUT2D eigenvalue weighted by Crippen LogP contribution is -2.22. The first-order valence-electron chi connectivity index (χ1n) is 5.15. The molecule has 0 saturated heterocycles. The Hall–Kier alpha value is -1.65. The minimum absolute atomic E-state index is 0.191. The summed E-state index contributed by atoms with van der Waals surface area (Å²) in [6.07, 6.45) is 3.34. The van der Waals surface area contributed by atoms with Gasteiger partial charge in [0.15, 0.2) is 0 Å². The molecule has 0 atom stereocenters. The highest BCUT2D eigenvalue weighted by atomic mass is 35.5. The molecule has 0 fully saturated rings. The number of aromatic nitrogens is 2. The summed E-state index contributed by atoms with van der Waals surface area (Å²) < 4.78 is 0. The first-order chi connectivity index (χ1) is 8.65. The molecule has 0 aliphatic heterocycles. The fourth-order valence-electron chi connectivity index (χ4n) is 1.38. The zero-order valence-electron chi connectivity index (χ0n) is 9.23. The maximum absolute atomic E-state index is 11.9. The standard InChI is InChI=1S/C12H9Cl2N3O/c13-10-5-9(6-11(14)17-10)12(18)16-7-8-1-3-15-4-2-8/h1-6H,7H2,(H,16,18). The molecule has 0 unspecified atom stereocenters. The van der Waals surface area contributed by atoms with Gasteiger partial charge in [-0.3, -0.25) is 9.78 Å². The average molecular weight is 282 g/mol. The van der Waals surface area contributed by atoms with Gasteiger partial charge in [-0.1, -0.05) is 23.2 Å². The van der Waals surface area contributed by atoms with Crippen LogP contribution in [0.3, 0.4) is 0 Å². The van der Waals surface area contributed by atoms with Crippen LogP contribution in [0.2, 0.25) is 10.3 Å². The molecule has 2 aromatic heterocycles. The van der Waals surface area contributed by atoms with Crippen LogP contribution in [0.15, 0.2) is 36.7 Å². The molecule has 0 aliphatic rings. The number of halogens is 2. The predicted octanol–water partition coefficient (Wildman–Crippen LogP) is 2.71. The molecule has 1 amide bonds. The number of hydrogen-bond donors (Lipinski definition) is 1. The van der Waals surface area contributed by atoms with Crippen molar-refractivity contribution >= 4 is 29.1 Å². The molecule has 1 N–H and O–H groups in total. The maximum atomic E-state index is 11.9. The minimum atomic E-state index is -0.252. The Balaban J connectivity index is 2.04. The van der Waals surface area contributed by atoms with Gasteiger partial charge in [0, 0.05) is 24.5 Å². The molecule has 0 radical (unpaired) electrons. The van der Waals surface area contributed by atoms with Crippen molar-refractivity contribution in [3.05, 3.63) is 58.1 Å². The highest BCUT2D eigenvalue weighted by Crippen LogP contribution is 2.14. The number of carbonyl (C=O) groups excluding carboxylic acids is 1. The molecular weight excluding hydrogens is 273 g/mol. The summed E-state index contributed by atoms with van der Waals surface area (Å²) in [5, 5.41) is 3.14. The second-order valence-electron chi connectivity index (χ2n) is 3.54. The van der Waals surface area contributed by atoms with Gasteiger partial charge in [-0.05, 0) is 29.8 Å². The van der Waals surface area contributed by atoms with Crippen LogP contribution in [0.1, 0.15) is 15.9 Å². The SMILES string of the molecule is O=C(NCc1ccncc1)c1cc(Cl)nc(Cl)c1. The molecule has 2 heterocycles. The molecule has 0 aromatic carbocycles. The molecule has 2 aromatic rings. The lowest BCUT2D eigenvalue weighted by atomic mass is 10.2. The van der Waals surface area contributed by atoms with Crippen molar-refractivity contribution in [1.82, 2.24) is 15.3 Å². The maximum Gasteiger partial charge on any atom is 0.251 e. The zero-order chi connectivity index (χ0) is 13.0. The number of nitrogens with zero attached hydrogens (tertiary/aromatic N) is 2. The first kappa shape index (κ1) is 12.8. The highest BCUT2D eigenvalue weighted by molar-refractivity contribution is 6.33. The third kappa shape index (κ3) is 3.42. The van der Waals surface area contributed by atoms with Gasteiger partial charge in [0.2, 0.25) is 0 Å². The van der Waals surface area contributed by atoms with Crippen LogP contribution < -0.4 is 5.32 Å². The number of hydrogen-bond acceptors (Lipinski definition) is 3. The molecule has 0 aliphatic carbocycles. The van der Waals surface area contributed by atoms with Crippen LogP contribution >= 0.6 is 23.2 Å². The molecular formula is C12H9Cl2N3O. The summed E-state index contributed by atoms with van der Waals surface area (Å²) in [7, 11) is 0. The third-order valence-electron chi connectivity index (χ3n) is 2.23. The molecule has 18 heavy (non-hydrogen) atoms. The van der Waals surface area contributed by atoms with Gasteiger partial charge in [-0.15, -0.1) is 0 Å². The minimum Gasteiger partial charge on any atom is -0.348 e. The Kier molecular flexibility index (Phi) is 4.12. The van der Waals surface area contributed by atoms with Crippen LogP contribution in [-0.4, -0.2) is 15.9 Å². The average Bonchev–Trinajstić information content (AvgIpc) is 2.36. The van der Waals surface area contributed by atoms with Crippen LogP contribution in [0.25, 0.3) is 0 Å². The van der Waals surface area contributed by atoms with E-state index in [1.54, 1.807) is 12.4 Å². The molecule has 2 rings (SSSR count). The Labute approximate surface area is 114 Å². The van der Waals surface area contributed by atoms with Gasteiger partial charge in [0.05, 0.1) is 0 Å². The van der Waals surface area contributed by atoms with Gasteiger partial charge in [0.25, 0.3) is 5.91 Å². The molecule has 0 saturated carbocycles. The summed E-state index contributed by atoms with van der Waals surface area (Å²) >= 11 is 11.5. The largest absolute Gasteiger partial charge is 0.348 e. The smallest absolute Gasteiger partial charge is 0.251 e. The van der Waals surface area contributed by atoms with E-state index in [0.29, 0.717) is 12.1 Å². The third-order valence-corrected chi connectivity index (χ3v) is 2.61. The number of rotatable bonds is 3. The molecule has 0 bridgehead atoms. The quantitative estimate of drug-likeness (QED) is 0.881. The molecule has 6 heteroatoms. The summed E-state index contributed by atoms with van der Waals surface area (Å²) in [5.74, 6) is -0.252. The number of carbonyl (C=O) groups is 1. The number of nitrogens with one attached hydrogen (secondary N) is 1. The van der Waals surface area contributed by atoms with Crippen molar-refractivity contribution < 1.29 is 4.79 Å².